The number of halogens is 2. The average molecular weight is 264 g/mol. The highest BCUT2D eigenvalue weighted by molar-refractivity contribution is 5.88. The molecule has 0 amide bonds. The number of piperidine rings is 1. The summed E-state index contributed by atoms with van der Waals surface area (Å²) in [4.78, 5) is 0. The van der Waals surface area contributed by atoms with Gasteiger partial charge in [0.15, 0.2) is 0 Å². The van der Waals surface area contributed by atoms with E-state index in [0.717, 1.165) is 29.8 Å². The molecule has 2 fully saturated rings. The molecule has 2 atom stereocenters. The fraction of sp³-hybridized carbons (Fsp3) is 0.333. The lowest BCUT2D eigenvalue weighted by Crippen LogP contribution is -2.19. The van der Waals surface area contributed by atoms with E-state index in [9.17, 15) is 4.39 Å². The van der Waals surface area contributed by atoms with Crippen molar-refractivity contribution < 1.29 is 4.39 Å². The van der Waals surface area contributed by atoms with E-state index in [4.69, 9.17) is 0 Å². The highest BCUT2D eigenvalue weighted by Crippen LogP contribution is 2.57. The third-order valence-electron chi connectivity index (χ3n) is 4.47. The smallest absolute Gasteiger partial charge is 0.131 e. The SMILES string of the molecule is Cl.Fc1ccc(C23CNCC2C3)c2ccccc12. The van der Waals surface area contributed by atoms with Crippen molar-refractivity contribution >= 4 is 23.2 Å². The van der Waals surface area contributed by atoms with Gasteiger partial charge in [0.1, 0.15) is 5.82 Å². The maximum Gasteiger partial charge on any atom is 0.131 e. The predicted octanol–water partition coefficient (Wildman–Crippen LogP) is 3.26. The fourth-order valence-electron chi connectivity index (χ4n) is 3.46. The zero-order valence-corrected chi connectivity index (χ0v) is 10.8. The number of benzene rings is 2. The lowest BCUT2D eigenvalue weighted by atomic mass is 9.90. The molecular formula is C15H15ClFN. The van der Waals surface area contributed by atoms with Crippen molar-refractivity contribution in [1.82, 2.24) is 5.32 Å². The second-order valence-electron chi connectivity index (χ2n) is 5.33. The Morgan fingerprint density at radius 2 is 1.89 bits per heavy atom. The van der Waals surface area contributed by atoms with Gasteiger partial charge in [-0.3, -0.25) is 0 Å². The zero-order valence-electron chi connectivity index (χ0n) is 9.95. The maximum atomic E-state index is 13.8. The molecule has 0 radical (unpaired) electrons. The van der Waals surface area contributed by atoms with Crippen LogP contribution in [0.4, 0.5) is 4.39 Å². The number of hydrogen-bond donors (Lipinski definition) is 1. The van der Waals surface area contributed by atoms with E-state index in [1.54, 1.807) is 6.07 Å². The topological polar surface area (TPSA) is 12.0 Å². The van der Waals surface area contributed by atoms with Crippen LogP contribution in [0.25, 0.3) is 10.8 Å². The number of fused-ring (bicyclic) bond motifs is 2. The molecular weight excluding hydrogens is 249 g/mol. The van der Waals surface area contributed by atoms with Gasteiger partial charge in [0, 0.05) is 17.3 Å². The molecule has 2 aromatic carbocycles. The molecule has 0 aromatic heterocycles. The molecule has 1 nitrogen and oxygen atoms in total. The third kappa shape index (κ3) is 1.42. The summed E-state index contributed by atoms with van der Waals surface area (Å²) >= 11 is 0. The molecule has 2 aliphatic rings. The van der Waals surface area contributed by atoms with E-state index in [1.807, 2.05) is 24.3 Å². The van der Waals surface area contributed by atoms with E-state index < -0.39 is 0 Å². The van der Waals surface area contributed by atoms with E-state index in [2.05, 4.69) is 11.4 Å². The van der Waals surface area contributed by atoms with Gasteiger partial charge < -0.3 is 5.32 Å². The first kappa shape index (κ1) is 11.9. The van der Waals surface area contributed by atoms with Crippen molar-refractivity contribution in [3.05, 3.63) is 47.8 Å². The molecule has 1 N–H and O–H groups in total. The van der Waals surface area contributed by atoms with Gasteiger partial charge in [-0.15, -0.1) is 12.4 Å². The van der Waals surface area contributed by atoms with Gasteiger partial charge in [0.05, 0.1) is 0 Å². The molecule has 0 spiro atoms. The molecule has 3 heteroatoms. The Morgan fingerprint density at radius 1 is 1.11 bits per heavy atom. The van der Waals surface area contributed by atoms with Gasteiger partial charge in [0.25, 0.3) is 0 Å². The summed E-state index contributed by atoms with van der Waals surface area (Å²) in [7, 11) is 0. The second kappa shape index (κ2) is 3.94. The largest absolute Gasteiger partial charge is 0.316 e. The van der Waals surface area contributed by atoms with Gasteiger partial charge in [-0.25, -0.2) is 4.39 Å². The Hall–Kier alpha value is -1.12. The minimum atomic E-state index is -0.107. The van der Waals surface area contributed by atoms with Crippen molar-refractivity contribution in [2.75, 3.05) is 13.1 Å². The van der Waals surface area contributed by atoms with Crippen LogP contribution in [0.1, 0.15) is 12.0 Å². The Labute approximate surface area is 112 Å². The van der Waals surface area contributed by atoms with Crippen molar-refractivity contribution in [1.29, 1.82) is 0 Å². The molecule has 4 rings (SSSR count). The minimum absolute atomic E-state index is 0. The van der Waals surface area contributed by atoms with Crippen molar-refractivity contribution in [3.63, 3.8) is 0 Å². The summed E-state index contributed by atoms with van der Waals surface area (Å²) in [6.07, 6.45) is 1.26. The van der Waals surface area contributed by atoms with Crippen LogP contribution in [0.3, 0.4) is 0 Å². The van der Waals surface area contributed by atoms with E-state index in [0.29, 0.717) is 5.41 Å². The van der Waals surface area contributed by atoms with Crippen LogP contribution in [0.15, 0.2) is 36.4 Å². The highest BCUT2D eigenvalue weighted by Gasteiger charge is 2.58. The average Bonchev–Trinajstić information content (AvgIpc) is 2.92. The third-order valence-corrected chi connectivity index (χ3v) is 4.47. The first-order chi connectivity index (χ1) is 8.31. The minimum Gasteiger partial charge on any atom is -0.316 e. The first-order valence-corrected chi connectivity index (χ1v) is 6.20. The number of nitrogens with one attached hydrogen (secondary N) is 1. The molecule has 2 aromatic rings. The van der Waals surface area contributed by atoms with Crippen molar-refractivity contribution in [2.24, 2.45) is 5.92 Å². The highest BCUT2D eigenvalue weighted by atomic mass is 35.5. The van der Waals surface area contributed by atoms with Gasteiger partial charge in [-0.05, 0) is 35.9 Å². The Bertz CT molecular complexity index is 612. The molecule has 18 heavy (non-hydrogen) atoms. The molecule has 1 aliphatic carbocycles. The number of rotatable bonds is 1. The molecule has 1 aliphatic heterocycles. The fourth-order valence-corrected chi connectivity index (χ4v) is 3.46. The maximum absolute atomic E-state index is 13.8. The predicted molar refractivity (Wildman–Crippen MR) is 73.8 cm³/mol. The van der Waals surface area contributed by atoms with Crippen molar-refractivity contribution in [3.8, 4) is 0 Å². The Morgan fingerprint density at radius 3 is 2.56 bits per heavy atom. The van der Waals surface area contributed by atoms with Gasteiger partial charge in [-0.1, -0.05) is 30.3 Å². The van der Waals surface area contributed by atoms with Crippen molar-refractivity contribution in [2.45, 2.75) is 11.8 Å². The van der Waals surface area contributed by atoms with Crippen LogP contribution in [0.2, 0.25) is 0 Å². The summed E-state index contributed by atoms with van der Waals surface area (Å²) in [5.41, 5.74) is 1.64. The Kier molecular flexibility index (Phi) is 2.61. The second-order valence-corrected chi connectivity index (χ2v) is 5.33. The Balaban J connectivity index is 0.000001000. The molecule has 94 valence electrons. The van der Waals surface area contributed by atoms with Crippen LogP contribution in [-0.2, 0) is 5.41 Å². The van der Waals surface area contributed by atoms with Gasteiger partial charge in [-0.2, -0.15) is 0 Å². The molecule has 2 unspecified atom stereocenters. The lowest BCUT2D eigenvalue weighted by Gasteiger charge is -2.15. The quantitative estimate of drug-likeness (QED) is 0.833. The molecule has 1 heterocycles. The van der Waals surface area contributed by atoms with Gasteiger partial charge >= 0.3 is 0 Å². The normalized spacial score (nSPS) is 28.8. The standard InChI is InChI=1S/C15H14FN.ClH/c16-14-6-5-13(11-3-1-2-4-12(11)14)15-7-10(15)8-17-9-15;/h1-6,10,17H,7-9H2;1H. The van der Waals surface area contributed by atoms with Crippen LogP contribution >= 0.6 is 12.4 Å². The van der Waals surface area contributed by atoms with Crippen LogP contribution in [0.5, 0.6) is 0 Å². The lowest BCUT2D eigenvalue weighted by molar-refractivity contribution is 0.636. The van der Waals surface area contributed by atoms with E-state index in [1.165, 1.54) is 12.0 Å². The summed E-state index contributed by atoms with van der Waals surface area (Å²) < 4.78 is 13.8. The summed E-state index contributed by atoms with van der Waals surface area (Å²) in [6, 6.07) is 11.5. The van der Waals surface area contributed by atoms with E-state index in [-0.39, 0.29) is 18.2 Å². The molecule has 1 saturated carbocycles. The molecule has 0 bridgehead atoms. The number of hydrogen-bond acceptors (Lipinski definition) is 1. The zero-order chi connectivity index (χ0) is 11.5. The summed E-state index contributed by atoms with van der Waals surface area (Å²) in [5, 5.41) is 5.30. The van der Waals surface area contributed by atoms with E-state index >= 15 is 0 Å². The summed E-state index contributed by atoms with van der Waals surface area (Å²) in [5.74, 6) is 0.653. The summed E-state index contributed by atoms with van der Waals surface area (Å²) in [6.45, 7) is 2.17. The van der Waals surface area contributed by atoms with Crippen LogP contribution < -0.4 is 5.32 Å². The van der Waals surface area contributed by atoms with Gasteiger partial charge in [0.2, 0.25) is 0 Å². The first-order valence-electron chi connectivity index (χ1n) is 6.20. The van der Waals surface area contributed by atoms with Crippen LogP contribution in [-0.4, -0.2) is 13.1 Å². The van der Waals surface area contributed by atoms with Crippen LogP contribution in [0, 0.1) is 11.7 Å². The molecule has 1 saturated heterocycles. The monoisotopic (exact) mass is 263 g/mol.